The Hall–Kier alpha value is -2.72. The van der Waals surface area contributed by atoms with Crippen LogP contribution < -0.4 is 5.32 Å². The third-order valence-corrected chi connectivity index (χ3v) is 13.0. The van der Waals surface area contributed by atoms with Crippen LogP contribution in [0.5, 0.6) is 0 Å². The molecule has 0 aliphatic carbocycles. The zero-order valence-corrected chi connectivity index (χ0v) is 24.2. The van der Waals surface area contributed by atoms with Crippen LogP contribution in [-0.4, -0.2) is 47.4 Å². The zero-order valence-electron chi connectivity index (χ0n) is 22.4. The van der Waals surface area contributed by atoms with Gasteiger partial charge in [-0.2, -0.15) is 0 Å². The van der Waals surface area contributed by atoms with Gasteiger partial charge in [-0.25, -0.2) is 14.6 Å². The van der Waals surface area contributed by atoms with Crippen molar-refractivity contribution in [1.82, 2.24) is 9.55 Å². The van der Waals surface area contributed by atoms with Crippen LogP contribution in [0.15, 0.2) is 36.5 Å². The Bertz CT molecular complexity index is 1100. The summed E-state index contributed by atoms with van der Waals surface area (Å²) in [7, 11) is -2.32. The number of hydrogen-bond acceptors (Lipinski definition) is 7. The molecule has 3 rings (SSSR count). The number of aromatic nitrogens is 1. The summed E-state index contributed by atoms with van der Waals surface area (Å²) in [6.45, 7) is 16.1. The number of β-lactam (4-membered cyclic amide) rings is 1. The first-order valence-electron chi connectivity index (χ1n) is 12.1. The standard InChI is InChI=1S/C26H37N3O5SSi/c1-25(2,3)34-24(32)28-23-27-15-18(35-23)14-19-20(22(31)33-16-17-12-10-9-11-13-17)29(21(19)30)36(7,8)26(4,5)6/h9-13,15,19-20H,14,16H2,1-8H3,(H,27,28,32)/t19-,20+/m1/s1. The molecule has 0 unspecified atom stereocenters. The molecule has 8 nitrogen and oxygen atoms in total. The smallest absolute Gasteiger partial charge is 0.413 e. The molecule has 1 aliphatic rings. The highest BCUT2D eigenvalue weighted by molar-refractivity contribution is 7.15. The van der Waals surface area contributed by atoms with E-state index in [-0.39, 0.29) is 23.5 Å². The second-order valence-electron chi connectivity index (χ2n) is 11.6. The molecular weight excluding hydrogens is 494 g/mol. The minimum atomic E-state index is -2.32. The summed E-state index contributed by atoms with van der Waals surface area (Å²) in [5.41, 5.74) is 0.274. The van der Waals surface area contributed by atoms with Crippen molar-refractivity contribution >= 4 is 42.7 Å². The Balaban J connectivity index is 1.76. The first-order chi connectivity index (χ1) is 16.6. The van der Waals surface area contributed by atoms with Gasteiger partial charge in [0, 0.05) is 11.1 Å². The van der Waals surface area contributed by atoms with Gasteiger partial charge >= 0.3 is 12.1 Å². The van der Waals surface area contributed by atoms with Crippen LogP contribution in [0, 0.1) is 5.92 Å². The topological polar surface area (TPSA) is 97.8 Å². The van der Waals surface area contributed by atoms with Gasteiger partial charge in [0.1, 0.15) is 18.2 Å². The fraction of sp³-hybridized carbons (Fsp3) is 0.538. The lowest BCUT2D eigenvalue weighted by Crippen LogP contribution is -2.75. The van der Waals surface area contributed by atoms with Crippen LogP contribution >= 0.6 is 11.3 Å². The molecule has 1 aromatic heterocycles. The summed E-state index contributed by atoms with van der Waals surface area (Å²) in [4.78, 5) is 43.9. The Labute approximate surface area is 218 Å². The summed E-state index contributed by atoms with van der Waals surface area (Å²) in [6, 6.07) is 8.86. The first kappa shape index (κ1) is 27.9. The highest BCUT2D eigenvalue weighted by atomic mass is 32.1. The zero-order chi connectivity index (χ0) is 26.9. The van der Waals surface area contributed by atoms with Crippen molar-refractivity contribution in [2.45, 2.75) is 84.3 Å². The molecule has 0 bridgehead atoms. The lowest BCUT2D eigenvalue weighted by Gasteiger charge is -2.57. The van der Waals surface area contributed by atoms with Crippen LogP contribution in [-0.2, 0) is 32.1 Å². The van der Waals surface area contributed by atoms with Crippen molar-refractivity contribution in [2.24, 2.45) is 5.92 Å². The number of nitrogens with one attached hydrogen (secondary N) is 1. The van der Waals surface area contributed by atoms with E-state index in [9.17, 15) is 14.4 Å². The Morgan fingerprint density at radius 3 is 2.33 bits per heavy atom. The largest absolute Gasteiger partial charge is 0.459 e. The Morgan fingerprint density at radius 2 is 1.75 bits per heavy atom. The monoisotopic (exact) mass is 531 g/mol. The average Bonchev–Trinajstić information content (AvgIpc) is 3.19. The van der Waals surface area contributed by atoms with Gasteiger partial charge in [0.15, 0.2) is 13.4 Å². The molecule has 10 heteroatoms. The van der Waals surface area contributed by atoms with Gasteiger partial charge in [-0.3, -0.25) is 10.1 Å². The first-order valence-corrected chi connectivity index (χ1v) is 15.8. The number of thiazole rings is 1. The van der Waals surface area contributed by atoms with E-state index in [4.69, 9.17) is 9.47 Å². The van der Waals surface area contributed by atoms with Gasteiger partial charge in [0.25, 0.3) is 0 Å². The van der Waals surface area contributed by atoms with E-state index >= 15 is 0 Å². The number of carbonyl (C=O) groups is 3. The molecule has 1 saturated heterocycles. The van der Waals surface area contributed by atoms with Crippen LogP contribution in [0.4, 0.5) is 9.93 Å². The number of amides is 2. The van der Waals surface area contributed by atoms with Crippen LogP contribution in [0.3, 0.4) is 0 Å². The molecule has 0 radical (unpaired) electrons. The lowest BCUT2D eigenvalue weighted by molar-refractivity contribution is -0.168. The fourth-order valence-electron chi connectivity index (χ4n) is 3.88. The fourth-order valence-corrected chi connectivity index (χ4v) is 7.16. The van der Waals surface area contributed by atoms with Crippen molar-refractivity contribution < 1.29 is 23.9 Å². The van der Waals surface area contributed by atoms with Crippen LogP contribution in [0.1, 0.15) is 52.0 Å². The Morgan fingerprint density at radius 1 is 1.11 bits per heavy atom. The van der Waals surface area contributed by atoms with E-state index in [0.29, 0.717) is 11.6 Å². The minimum Gasteiger partial charge on any atom is -0.459 e. The SMILES string of the molecule is CC(C)(C)OC(=O)Nc1ncc(C[C@H]2C(=O)N([Si](C)(C)C(C)(C)C)[C@@H]2C(=O)OCc2ccccc2)s1. The third-order valence-electron chi connectivity index (χ3n) is 6.70. The van der Waals surface area contributed by atoms with Crippen molar-refractivity contribution in [1.29, 1.82) is 0 Å². The molecule has 2 aromatic rings. The summed E-state index contributed by atoms with van der Waals surface area (Å²) < 4.78 is 12.8. The highest BCUT2D eigenvalue weighted by Gasteiger charge is 2.60. The molecule has 2 amide bonds. The number of esters is 1. The van der Waals surface area contributed by atoms with Gasteiger partial charge in [0.2, 0.25) is 5.91 Å². The second-order valence-corrected chi connectivity index (χ2v) is 17.8. The van der Waals surface area contributed by atoms with Crippen molar-refractivity contribution in [3.05, 3.63) is 47.0 Å². The number of carbonyl (C=O) groups excluding carboxylic acids is 3. The maximum atomic E-state index is 13.4. The number of benzene rings is 1. The lowest BCUT2D eigenvalue weighted by atomic mass is 9.87. The molecule has 2 heterocycles. The maximum absolute atomic E-state index is 13.4. The van der Waals surface area contributed by atoms with Crippen molar-refractivity contribution in [3.63, 3.8) is 0 Å². The molecule has 0 spiro atoms. The number of hydrogen-bond donors (Lipinski definition) is 1. The van der Waals surface area contributed by atoms with Crippen LogP contribution in [0.2, 0.25) is 18.1 Å². The molecule has 1 N–H and O–H groups in total. The maximum Gasteiger partial charge on any atom is 0.413 e. The summed E-state index contributed by atoms with van der Waals surface area (Å²) >= 11 is 1.27. The van der Waals surface area contributed by atoms with Gasteiger partial charge < -0.3 is 14.0 Å². The molecule has 1 aliphatic heterocycles. The predicted molar refractivity (Wildman–Crippen MR) is 143 cm³/mol. The van der Waals surface area contributed by atoms with E-state index < -0.39 is 31.9 Å². The number of ether oxygens (including phenoxy) is 2. The van der Waals surface area contributed by atoms with E-state index in [1.165, 1.54) is 11.3 Å². The molecule has 2 atom stereocenters. The van der Waals surface area contributed by atoms with E-state index in [2.05, 4.69) is 44.2 Å². The quantitative estimate of drug-likeness (QED) is 0.283. The molecule has 0 saturated carbocycles. The van der Waals surface area contributed by atoms with Gasteiger partial charge in [0.05, 0.1) is 5.92 Å². The Kier molecular flexibility index (Phi) is 8.00. The summed E-state index contributed by atoms with van der Waals surface area (Å²) in [5.74, 6) is -0.944. The molecule has 1 aromatic carbocycles. The molecule has 1 fully saturated rings. The number of rotatable bonds is 7. The van der Waals surface area contributed by atoms with Gasteiger partial charge in [-0.15, -0.1) is 11.3 Å². The third kappa shape index (κ3) is 6.33. The normalized spacial score (nSPS) is 18.4. The van der Waals surface area contributed by atoms with E-state index in [1.54, 1.807) is 27.0 Å². The highest BCUT2D eigenvalue weighted by Crippen LogP contribution is 2.46. The second kappa shape index (κ2) is 10.3. The van der Waals surface area contributed by atoms with Crippen molar-refractivity contribution in [2.75, 3.05) is 5.32 Å². The van der Waals surface area contributed by atoms with Crippen molar-refractivity contribution in [3.8, 4) is 0 Å². The van der Waals surface area contributed by atoms with E-state index in [1.807, 2.05) is 34.9 Å². The number of nitrogens with zero attached hydrogens (tertiary/aromatic N) is 2. The summed E-state index contributed by atoms with van der Waals surface area (Å²) in [5, 5.41) is 2.89. The van der Waals surface area contributed by atoms with Gasteiger partial charge in [-0.05, 0) is 37.8 Å². The molecule has 36 heavy (non-hydrogen) atoms. The van der Waals surface area contributed by atoms with Gasteiger partial charge in [-0.1, -0.05) is 64.2 Å². The summed E-state index contributed by atoms with van der Waals surface area (Å²) in [6.07, 6.45) is 1.39. The van der Waals surface area contributed by atoms with E-state index in [0.717, 1.165) is 10.4 Å². The molecule has 196 valence electrons. The average molecular weight is 532 g/mol. The van der Waals surface area contributed by atoms with Crippen LogP contribution in [0.25, 0.3) is 0 Å². The number of anilines is 1. The predicted octanol–water partition coefficient (Wildman–Crippen LogP) is 5.61. The molecular formula is C26H37N3O5SSi. The minimum absolute atomic E-state index is 0.0293.